The van der Waals surface area contributed by atoms with Gasteiger partial charge in [-0.15, -0.1) is 0 Å². The average Bonchev–Trinajstić information content (AvgIpc) is 2.82. The van der Waals surface area contributed by atoms with Gasteiger partial charge < -0.3 is 20.5 Å². The van der Waals surface area contributed by atoms with Gasteiger partial charge in [-0.2, -0.15) is 0 Å². The molecule has 0 bridgehead atoms. The Morgan fingerprint density at radius 1 is 1.00 bits per heavy atom. The molecular formula is C25H26N4O3. The Hall–Kier alpha value is -3.84. The molecular weight excluding hydrogens is 404 g/mol. The normalized spacial score (nSPS) is 11.8. The maximum absolute atomic E-state index is 11.9. The summed E-state index contributed by atoms with van der Waals surface area (Å²) in [7, 11) is 1.87. The fourth-order valence-electron chi connectivity index (χ4n) is 3.56. The van der Waals surface area contributed by atoms with Crippen molar-refractivity contribution in [1.29, 1.82) is 0 Å². The smallest absolute Gasteiger partial charge is 0.411 e. The molecule has 7 nitrogen and oxygen atoms in total. The molecule has 164 valence electrons. The zero-order valence-electron chi connectivity index (χ0n) is 18.1. The Labute approximate surface area is 186 Å². The van der Waals surface area contributed by atoms with Crippen LogP contribution in [-0.4, -0.2) is 29.8 Å². The summed E-state index contributed by atoms with van der Waals surface area (Å²) in [5.41, 5.74) is 4.56. The zero-order chi connectivity index (χ0) is 22.5. The number of nitrogens with zero attached hydrogens (tertiary/aromatic N) is 1. The lowest BCUT2D eigenvalue weighted by Crippen LogP contribution is -2.15. The first kappa shape index (κ1) is 21.4. The zero-order valence-corrected chi connectivity index (χ0v) is 18.1. The highest BCUT2D eigenvalue weighted by atomic mass is 16.5. The van der Waals surface area contributed by atoms with Gasteiger partial charge in [0.25, 0.3) is 0 Å². The number of para-hydroxylation sites is 1. The fourth-order valence-corrected chi connectivity index (χ4v) is 3.56. The molecule has 0 spiro atoms. The maximum Gasteiger partial charge on any atom is 0.411 e. The lowest BCUT2D eigenvalue weighted by Gasteiger charge is -2.19. The van der Waals surface area contributed by atoms with Crippen LogP contribution < -0.4 is 16.0 Å². The molecule has 3 aromatic carbocycles. The number of aromatic nitrogens is 1. The molecule has 0 saturated carbocycles. The van der Waals surface area contributed by atoms with Crippen molar-refractivity contribution in [3.05, 3.63) is 72.3 Å². The number of carbonyl (C=O) groups excluding carboxylic acids is 1. The quantitative estimate of drug-likeness (QED) is 0.229. The molecule has 0 saturated heterocycles. The number of fused-ring (bicyclic) bond motifs is 2. The topological polar surface area (TPSA) is 95.5 Å². The van der Waals surface area contributed by atoms with Crippen LogP contribution in [0.15, 0.2) is 66.7 Å². The Bertz CT molecular complexity index is 1260. The van der Waals surface area contributed by atoms with Crippen molar-refractivity contribution in [2.75, 3.05) is 29.6 Å². The summed E-state index contributed by atoms with van der Waals surface area (Å²) in [6.45, 7) is 2.29. The Morgan fingerprint density at radius 3 is 2.62 bits per heavy atom. The molecule has 0 aliphatic heterocycles. The minimum atomic E-state index is -0.999. The number of ether oxygens (including phenoxy) is 1. The van der Waals surface area contributed by atoms with Crippen LogP contribution in [0.1, 0.15) is 25.1 Å². The van der Waals surface area contributed by atoms with E-state index in [9.17, 15) is 9.90 Å². The number of rotatable bonds is 7. The van der Waals surface area contributed by atoms with Crippen LogP contribution in [0.5, 0.6) is 0 Å². The lowest BCUT2D eigenvalue weighted by atomic mass is 10.1. The molecule has 0 fully saturated rings. The van der Waals surface area contributed by atoms with Crippen LogP contribution in [0, 0.1) is 0 Å². The molecule has 1 aromatic heterocycles. The van der Waals surface area contributed by atoms with Gasteiger partial charge in [-0.05, 0) is 42.8 Å². The number of carbonyl (C=O) groups is 1. The largest absolute Gasteiger partial charge is 0.449 e. The molecule has 0 radical (unpaired) electrons. The highest BCUT2D eigenvalue weighted by Crippen LogP contribution is 2.34. The minimum absolute atomic E-state index is 0.354. The Kier molecular flexibility index (Phi) is 6.37. The van der Waals surface area contributed by atoms with Crippen LogP contribution in [0.2, 0.25) is 0 Å². The fraction of sp³-hybridized carbons (Fsp3) is 0.200. The van der Waals surface area contributed by atoms with E-state index in [0.29, 0.717) is 17.9 Å². The van der Waals surface area contributed by atoms with Crippen LogP contribution in [0.25, 0.3) is 21.8 Å². The molecule has 0 aliphatic carbocycles. The Morgan fingerprint density at radius 2 is 1.81 bits per heavy atom. The van der Waals surface area contributed by atoms with Gasteiger partial charge in [-0.25, -0.2) is 9.78 Å². The van der Waals surface area contributed by atoms with Crippen molar-refractivity contribution in [2.45, 2.75) is 19.6 Å². The van der Waals surface area contributed by atoms with E-state index in [2.05, 4.69) is 16.0 Å². The highest BCUT2D eigenvalue weighted by Gasteiger charge is 2.15. The Balaban J connectivity index is 1.67. The third-order valence-electron chi connectivity index (χ3n) is 5.14. The predicted octanol–water partition coefficient (Wildman–Crippen LogP) is 5.49. The first-order valence-electron chi connectivity index (χ1n) is 10.6. The van der Waals surface area contributed by atoms with E-state index in [4.69, 9.17) is 9.72 Å². The van der Waals surface area contributed by atoms with Crippen molar-refractivity contribution < 1.29 is 14.6 Å². The number of hydrogen-bond donors (Lipinski definition) is 4. The second-order valence-corrected chi connectivity index (χ2v) is 7.42. The monoisotopic (exact) mass is 430 g/mol. The number of nitrogens with one attached hydrogen (secondary N) is 3. The first-order valence-corrected chi connectivity index (χ1v) is 10.6. The summed E-state index contributed by atoms with van der Waals surface area (Å²) in [5, 5.41) is 21.9. The summed E-state index contributed by atoms with van der Waals surface area (Å²) in [6, 6.07) is 20.8. The van der Waals surface area contributed by atoms with E-state index in [1.807, 2.05) is 56.4 Å². The summed E-state index contributed by atoms with van der Waals surface area (Å²) >= 11 is 0. The first-order chi connectivity index (χ1) is 15.6. The van der Waals surface area contributed by atoms with Crippen molar-refractivity contribution in [1.82, 2.24) is 4.98 Å². The lowest BCUT2D eigenvalue weighted by molar-refractivity contribution is 0.161. The third kappa shape index (κ3) is 4.58. The third-order valence-corrected chi connectivity index (χ3v) is 5.14. The van der Waals surface area contributed by atoms with Gasteiger partial charge in [0.2, 0.25) is 0 Å². The number of pyridine rings is 1. The van der Waals surface area contributed by atoms with E-state index < -0.39 is 12.3 Å². The molecule has 1 heterocycles. The molecule has 1 unspecified atom stereocenters. The van der Waals surface area contributed by atoms with E-state index in [1.165, 1.54) is 0 Å². The second-order valence-electron chi connectivity index (χ2n) is 7.42. The molecule has 4 N–H and O–H groups in total. The molecule has 4 rings (SSSR count). The van der Waals surface area contributed by atoms with E-state index >= 15 is 0 Å². The highest BCUT2D eigenvalue weighted by molar-refractivity contribution is 6.08. The van der Waals surface area contributed by atoms with Gasteiger partial charge in [-0.3, -0.25) is 5.32 Å². The standard InChI is InChI=1S/C25H26N4O3/c1-3-13-32-25(31)27-18-8-6-7-16(14-18)24(30)29-23-19-9-4-5-10-21(19)28-22-15-17(26-2)11-12-20(22)23/h4-12,14-15,24,26,30H,3,13H2,1-2H3,(H,27,31)(H,28,29). The maximum atomic E-state index is 11.9. The number of amides is 1. The van der Waals surface area contributed by atoms with Crippen LogP contribution in [0.4, 0.5) is 21.9 Å². The van der Waals surface area contributed by atoms with Gasteiger partial charge >= 0.3 is 6.09 Å². The second kappa shape index (κ2) is 9.53. The van der Waals surface area contributed by atoms with Crippen LogP contribution in [0.3, 0.4) is 0 Å². The van der Waals surface area contributed by atoms with Gasteiger partial charge in [0.15, 0.2) is 6.23 Å². The van der Waals surface area contributed by atoms with Gasteiger partial charge in [0.1, 0.15) is 0 Å². The van der Waals surface area contributed by atoms with Crippen LogP contribution in [-0.2, 0) is 4.74 Å². The summed E-state index contributed by atoms with van der Waals surface area (Å²) < 4.78 is 5.07. The molecule has 7 heteroatoms. The minimum Gasteiger partial charge on any atom is -0.449 e. The molecule has 1 atom stereocenters. The number of aliphatic hydroxyl groups is 1. The van der Waals surface area contributed by atoms with E-state index in [1.54, 1.807) is 24.3 Å². The van der Waals surface area contributed by atoms with Crippen molar-refractivity contribution in [2.24, 2.45) is 0 Å². The van der Waals surface area contributed by atoms with Gasteiger partial charge in [0, 0.05) is 34.8 Å². The number of aliphatic hydroxyl groups excluding tert-OH is 1. The van der Waals surface area contributed by atoms with Crippen molar-refractivity contribution in [3.8, 4) is 0 Å². The van der Waals surface area contributed by atoms with E-state index in [-0.39, 0.29) is 0 Å². The molecule has 32 heavy (non-hydrogen) atoms. The summed E-state index contributed by atoms with van der Waals surface area (Å²) in [4.78, 5) is 16.6. The SMILES string of the molecule is CCCOC(=O)Nc1cccc(C(O)Nc2c3ccccc3nc3cc(NC)ccc23)c1. The molecule has 1 amide bonds. The summed E-state index contributed by atoms with van der Waals surface area (Å²) in [5.74, 6) is 0. The number of hydrogen-bond acceptors (Lipinski definition) is 6. The van der Waals surface area contributed by atoms with Crippen LogP contribution >= 0.6 is 0 Å². The number of benzene rings is 3. The van der Waals surface area contributed by atoms with Gasteiger partial charge in [-0.1, -0.05) is 37.3 Å². The number of anilines is 3. The molecule has 0 aliphatic rings. The van der Waals surface area contributed by atoms with Gasteiger partial charge in [0.05, 0.1) is 23.3 Å². The van der Waals surface area contributed by atoms with E-state index in [0.717, 1.165) is 39.6 Å². The molecule has 4 aromatic rings. The van der Waals surface area contributed by atoms with Crippen molar-refractivity contribution >= 4 is 45.0 Å². The average molecular weight is 431 g/mol. The predicted molar refractivity (Wildman–Crippen MR) is 129 cm³/mol. The van der Waals surface area contributed by atoms with Crippen molar-refractivity contribution in [3.63, 3.8) is 0 Å². The summed E-state index contributed by atoms with van der Waals surface area (Å²) in [6.07, 6.45) is -0.765.